The Kier molecular flexibility index (Phi) is 5.11. The van der Waals surface area contributed by atoms with Crippen LogP contribution in [0, 0.1) is 16.0 Å². The van der Waals surface area contributed by atoms with E-state index in [0.717, 1.165) is 12.2 Å². The van der Waals surface area contributed by atoms with Gasteiger partial charge in [-0.15, -0.1) is 0 Å². The fourth-order valence-corrected chi connectivity index (χ4v) is 1.96. The average molecular weight is 266 g/mol. The largest absolute Gasteiger partial charge is 0.369 e. The van der Waals surface area contributed by atoms with Crippen molar-refractivity contribution in [1.82, 2.24) is 0 Å². The highest BCUT2D eigenvalue weighted by molar-refractivity contribution is 5.64. The van der Waals surface area contributed by atoms with Gasteiger partial charge < -0.3 is 10.3 Å². The highest BCUT2D eigenvalue weighted by Crippen LogP contribution is 2.28. The Morgan fingerprint density at radius 3 is 2.37 bits per heavy atom. The number of non-ortho nitro benzene ring substituents is 1. The zero-order valence-electron chi connectivity index (χ0n) is 11.9. The number of nitrogens with one attached hydrogen (secondary N) is 1. The number of nitro benzene ring substituents is 1. The van der Waals surface area contributed by atoms with E-state index in [1.54, 1.807) is 6.07 Å². The Bertz CT molecular complexity index is 446. The smallest absolute Gasteiger partial charge is 0.273 e. The minimum absolute atomic E-state index is 0.0415. The summed E-state index contributed by atoms with van der Waals surface area (Å²) in [5.74, 6) is 5.84. The molecular weight excluding hydrogens is 244 g/mol. The van der Waals surface area contributed by atoms with Crippen molar-refractivity contribution in [2.45, 2.75) is 33.7 Å². The quantitative estimate of drug-likeness (QED) is 0.470. The van der Waals surface area contributed by atoms with E-state index < -0.39 is 4.92 Å². The van der Waals surface area contributed by atoms with Crippen LogP contribution in [-0.2, 0) is 0 Å². The molecule has 6 nitrogen and oxygen atoms in total. The van der Waals surface area contributed by atoms with Crippen molar-refractivity contribution >= 4 is 17.1 Å². The van der Waals surface area contributed by atoms with Crippen LogP contribution in [0.2, 0.25) is 0 Å². The number of hydrazine groups is 1. The summed E-state index contributed by atoms with van der Waals surface area (Å²) in [5, 5.41) is 11.0. The maximum absolute atomic E-state index is 11.0. The van der Waals surface area contributed by atoms with E-state index in [4.69, 9.17) is 5.84 Å². The van der Waals surface area contributed by atoms with Gasteiger partial charge in [0.05, 0.1) is 10.6 Å². The molecule has 1 aromatic carbocycles. The van der Waals surface area contributed by atoms with Gasteiger partial charge in [0.1, 0.15) is 0 Å². The molecule has 0 aliphatic carbocycles. The third-order valence-electron chi connectivity index (χ3n) is 2.80. The van der Waals surface area contributed by atoms with Crippen LogP contribution < -0.4 is 16.2 Å². The van der Waals surface area contributed by atoms with Crippen molar-refractivity contribution < 1.29 is 4.92 Å². The Morgan fingerprint density at radius 1 is 1.32 bits per heavy atom. The molecule has 3 N–H and O–H groups in total. The second-order valence-corrected chi connectivity index (χ2v) is 5.28. The van der Waals surface area contributed by atoms with Gasteiger partial charge in [-0.05, 0) is 25.8 Å². The summed E-state index contributed by atoms with van der Waals surface area (Å²) in [4.78, 5) is 12.7. The molecule has 0 aliphatic heterocycles. The fourth-order valence-electron chi connectivity index (χ4n) is 1.96. The molecule has 0 saturated heterocycles. The first-order chi connectivity index (χ1) is 8.85. The molecule has 1 aromatic rings. The highest BCUT2D eigenvalue weighted by Gasteiger charge is 2.17. The summed E-state index contributed by atoms with van der Waals surface area (Å²) in [6.45, 7) is 9.21. The number of rotatable bonds is 6. The van der Waals surface area contributed by atoms with Crippen molar-refractivity contribution in [3.63, 3.8) is 0 Å². The molecule has 0 amide bonds. The summed E-state index contributed by atoms with van der Waals surface area (Å²) >= 11 is 0. The van der Waals surface area contributed by atoms with Crippen molar-refractivity contribution in [2.24, 2.45) is 11.8 Å². The molecule has 0 heterocycles. The predicted molar refractivity (Wildman–Crippen MR) is 78.2 cm³/mol. The maximum Gasteiger partial charge on any atom is 0.273 e. The predicted octanol–water partition coefficient (Wildman–Crippen LogP) is 2.75. The number of nitrogen functional groups attached to an aromatic ring is 1. The minimum Gasteiger partial charge on any atom is -0.369 e. The summed E-state index contributed by atoms with van der Waals surface area (Å²) in [6, 6.07) is 5.10. The average Bonchev–Trinajstić information content (AvgIpc) is 2.34. The summed E-state index contributed by atoms with van der Waals surface area (Å²) in [6.07, 6.45) is 0. The van der Waals surface area contributed by atoms with Gasteiger partial charge in [0, 0.05) is 30.4 Å². The van der Waals surface area contributed by atoms with E-state index in [-0.39, 0.29) is 11.7 Å². The van der Waals surface area contributed by atoms with E-state index in [9.17, 15) is 10.1 Å². The van der Waals surface area contributed by atoms with Crippen LogP contribution in [0.15, 0.2) is 18.2 Å². The third kappa shape index (κ3) is 4.10. The Balaban J connectivity index is 3.21. The van der Waals surface area contributed by atoms with Crippen LogP contribution in [0.4, 0.5) is 17.1 Å². The molecule has 0 bridgehead atoms. The van der Waals surface area contributed by atoms with Gasteiger partial charge >= 0.3 is 0 Å². The Morgan fingerprint density at radius 2 is 1.95 bits per heavy atom. The molecule has 0 atom stereocenters. The van der Waals surface area contributed by atoms with Crippen LogP contribution in [0.5, 0.6) is 0 Å². The van der Waals surface area contributed by atoms with E-state index in [1.807, 2.05) is 6.07 Å². The van der Waals surface area contributed by atoms with Gasteiger partial charge in [0.2, 0.25) is 0 Å². The van der Waals surface area contributed by atoms with E-state index in [0.29, 0.717) is 11.6 Å². The lowest BCUT2D eigenvalue weighted by Gasteiger charge is -2.31. The van der Waals surface area contributed by atoms with Crippen LogP contribution in [0.25, 0.3) is 0 Å². The van der Waals surface area contributed by atoms with Crippen molar-refractivity contribution in [1.29, 1.82) is 0 Å². The molecule has 0 unspecified atom stereocenters. The highest BCUT2D eigenvalue weighted by atomic mass is 16.6. The zero-order valence-corrected chi connectivity index (χ0v) is 11.9. The number of nitrogens with zero attached hydrogens (tertiary/aromatic N) is 2. The van der Waals surface area contributed by atoms with Crippen molar-refractivity contribution in [3.05, 3.63) is 28.3 Å². The Hall–Kier alpha value is -1.82. The molecule has 0 spiro atoms. The van der Waals surface area contributed by atoms with Gasteiger partial charge in [0.15, 0.2) is 0 Å². The standard InChI is InChI=1S/C13H22N4O2/c1-9(2)8-16(10(3)4)12-5-11(15-14)6-13(7-12)17(18)19/h5-7,9-10,15H,8,14H2,1-4H3. The third-order valence-corrected chi connectivity index (χ3v) is 2.80. The van der Waals surface area contributed by atoms with Gasteiger partial charge in [0.25, 0.3) is 5.69 Å². The van der Waals surface area contributed by atoms with Gasteiger partial charge in [-0.2, -0.15) is 0 Å². The van der Waals surface area contributed by atoms with E-state index in [1.165, 1.54) is 6.07 Å². The minimum atomic E-state index is -0.405. The SMILES string of the molecule is CC(C)CN(c1cc(NN)cc([N+](=O)[O-])c1)C(C)C. The van der Waals surface area contributed by atoms with Gasteiger partial charge in [-0.25, -0.2) is 0 Å². The maximum atomic E-state index is 11.0. The molecule has 0 aromatic heterocycles. The summed E-state index contributed by atoms with van der Waals surface area (Å²) in [7, 11) is 0. The summed E-state index contributed by atoms with van der Waals surface area (Å²) < 4.78 is 0. The molecule has 1 rings (SSSR count). The molecular formula is C13H22N4O2. The van der Waals surface area contributed by atoms with Gasteiger partial charge in [-0.3, -0.25) is 16.0 Å². The number of hydrogen-bond donors (Lipinski definition) is 2. The van der Waals surface area contributed by atoms with Gasteiger partial charge in [-0.1, -0.05) is 13.8 Å². The lowest BCUT2D eigenvalue weighted by molar-refractivity contribution is -0.384. The molecule has 19 heavy (non-hydrogen) atoms. The van der Waals surface area contributed by atoms with E-state index >= 15 is 0 Å². The van der Waals surface area contributed by atoms with Crippen molar-refractivity contribution in [3.8, 4) is 0 Å². The fraction of sp³-hybridized carbons (Fsp3) is 0.538. The first-order valence-electron chi connectivity index (χ1n) is 6.38. The normalized spacial score (nSPS) is 10.9. The topological polar surface area (TPSA) is 84.4 Å². The van der Waals surface area contributed by atoms with Crippen molar-refractivity contribution in [2.75, 3.05) is 16.9 Å². The lowest BCUT2D eigenvalue weighted by Crippen LogP contribution is -2.34. The molecule has 6 heteroatoms. The molecule has 0 fully saturated rings. The van der Waals surface area contributed by atoms with Crippen LogP contribution in [0.1, 0.15) is 27.7 Å². The molecule has 0 aliphatic rings. The molecule has 0 radical (unpaired) electrons. The number of anilines is 2. The Labute approximate surface area is 113 Å². The number of nitro groups is 1. The van der Waals surface area contributed by atoms with Crippen LogP contribution >= 0.6 is 0 Å². The zero-order chi connectivity index (χ0) is 14.6. The second-order valence-electron chi connectivity index (χ2n) is 5.28. The second kappa shape index (κ2) is 6.38. The number of hydrogen-bond acceptors (Lipinski definition) is 5. The summed E-state index contributed by atoms with van der Waals surface area (Å²) in [5.41, 5.74) is 3.87. The van der Waals surface area contributed by atoms with E-state index in [2.05, 4.69) is 38.0 Å². The molecule has 0 saturated carbocycles. The van der Waals surface area contributed by atoms with Crippen LogP contribution in [0.3, 0.4) is 0 Å². The lowest BCUT2D eigenvalue weighted by atomic mass is 10.1. The first-order valence-corrected chi connectivity index (χ1v) is 6.38. The first kappa shape index (κ1) is 15.2. The molecule has 106 valence electrons. The number of nitrogens with two attached hydrogens (primary N) is 1. The van der Waals surface area contributed by atoms with Crippen LogP contribution in [-0.4, -0.2) is 17.5 Å². The number of benzene rings is 1. The monoisotopic (exact) mass is 266 g/mol.